The minimum atomic E-state index is -3.20. The number of rotatable bonds is 5. The Kier molecular flexibility index (Phi) is 4.92. The molecule has 2 heterocycles. The van der Waals surface area contributed by atoms with Gasteiger partial charge in [0.2, 0.25) is 0 Å². The zero-order chi connectivity index (χ0) is 17.0. The monoisotopic (exact) mass is 357 g/mol. The van der Waals surface area contributed by atoms with E-state index >= 15 is 0 Å². The molecule has 0 aliphatic heterocycles. The highest BCUT2D eigenvalue weighted by molar-refractivity contribution is 7.98. The van der Waals surface area contributed by atoms with Crippen molar-refractivity contribution in [1.82, 2.24) is 15.0 Å². The summed E-state index contributed by atoms with van der Waals surface area (Å²) in [6, 6.07) is 12.5. The number of pyridine rings is 1. The lowest BCUT2D eigenvalue weighted by Gasteiger charge is -2.05. The maximum absolute atomic E-state index is 11.5. The third-order valence-electron chi connectivity index (χ3n) is 3.28. The first-order valence-electron chi connectivity index (χ1n) is 7.17. The third-order valence-corrected chi connectivity index (χ3v) is 5.35. The fourth-order valence-electron chi connectivity index (χ4n) is 2.06. The molecule has 0 unspecified atom stereocenters. The van der Waals surface area contributed by atoms with E-state index in [4.69, 9.17) is 0 Å². The molecule has 0 aliphatic rings. The molecule has 0 spiro atoms. The number of benzene rings is 1. The SMILES string of the molecule is CS(=O)(=O)c1ccc(-c2cncc(SCc3ccccn3)n2)cc1. The molecule has 0 radical (unpaired) electrons. The van der Waals surface area contributed by atoms with Crippen LogP contribution in [0.5, 0.6) is 0 Å². The van der Waals surface area contributed by atoms with E-state index in [2.05, 4.69) is 15.0 Å². The van der Waals surface area contributed by atoms with Gasteiger partial charge in [-0.25, -0.2) is 13.4 Å². The van der Waals surface area contributed by atoms with Gasteiger partial charge in [0.1, 0.15) is 5.03 Å². The van der Waals surface area contributed by atoms with Gasteiger partial charge in [-0.2, -0.15) is 0 Å². The van der Waals surface area contributed by atoms with Crippen molar-refractivity contribution in [3.05, 3.63) is 66.7 Å². The van der Waals surface area contributed by atoms with Crippen molar-refractivity contribution >= 4 is 21.6 Å². The molecule has 122 valence electrons. The van der Waals surface area contributed by atoms with Gasteiger partial charge in [0.25, 0.3) is 0 Å². The Morgan fingerprint density at radius 2 is 1.83 bits per heavy atom. The molecule has 0 bridgehead atoms. The smallest absolute Gasteiger partial charge is 0.175 e. The average Bonchev–Trinajstić information content (AvgIpc) is 2.60. The van der Waals surface area contributed by atoms with Gasteiger partial charge in [-0.05, 0) is 24.3 Å². The van der Waals surface area contributed by atoms with Crippen LogP contribution >= 0.6 is 11.8 Å². The maximum atomic E-state index is 11.5. The van der Waals surface area contributed by atoms with Crippen LogP contribution in [-0.4, -0.2) is 29.6 Å². The Morgan fingerprint density at radius 3 is 2.50 bits per heavy atom. The minimum absolute atomic E-state index is 0.292. The van der Waals surface area contributed by atoms with Crippen LogP contribution < -0.4 is 0 Å². The van der Waals surface area contributed by atoms with Crippen LogP contribution in [-0.2, 0) is 15.6 Å². The number of aromatic nitrogens is 3. The van der Waals surface area contributed by atoms with Crippen molar-refractivity contribution in [2.24, 2.45) is 0 Å². The van der Waals surface area contributed by atoms with E-state index in [1.54, 1.807) is 54.6 Å². The van der Waals surface area contributed by atoms with E-state index in [9.17, 15) is 8.42 Å². The standard InChI is InChI=1S/C17H15N3O2S2/c1-24(21,22)15-7-5-13(6-8-15)16-10-18-11-17(20-16)23-12-14-4-2-3-9-19-14/h2-11H,12H2,1H3. The Labute approximate surface area is 145 Å². The Morgan fingerprint density at radius 1 is 1.04 bits per heavy atom. The number of hydrogen-bond donors (Lipinski definition) is 0. The lowest BCUT2D eigenvalue weighted by atomic mass is 10.2. The number of sulfone groups is 1. The molecule has 0 saturated carbocycles. The van der Waals surface area contributed by atoms with Gasteiger partial charge in [0.15, 0.2) is 9.84 Å². The summed E-state index contributed by atoms with van der Waals surface area (Å²) in [7, 11) is -3.20. The van der Waals surface area contributed by atoms with Gasteiger partial charge >= 0.3 is 0 Å². The van der Waals surface area contributed by atoms with Gasteiger partial charge in [0, 0.05) is 23.8 Å². The molecule has 0 aliphatic carbocycles. The molecule has 1 aromatic carbocycles. The van der Waals surface area contributed by atoms with Gasteiger partial charge in [0.05, 0.1) is 28.7 Å². The molecule has 2 aromatic heterocycles. The largest absolute Gasteiger partial charge is 0.260 e. The van der Waals surface area contributed by atoms with Crippen molar-refractivity contribution in [3.63, 3.8) is 0 Å². The van der Waals surface area contributed by atoms with Crippen molar-refractivity contribution in [1.29, 1.82) is 0 Å². The molecule has 7 heteroatoms. The second kappa shape index (κ2) is 7.11. The molecule has 3 rings (SSSR count). The molecular formula is C17H15N3O2S2. The summed E-state index contributed by atoms with van der Waals surface area (Å²) in [5.74, 6) is 0.714. The fraction of sp³-hybridized carbons (Fsp3) is 0.118. The van der Waals surface area contributed by atoms with Crippen LogP contribution in [0.3, 0.4) is 0 Å². The van der Waals surface area contributed by atoms with Crippen molar-refractivity contribution in [3.8, 4) is 11.3 Å². The summed E-state index contributed by atoms with van der Waals surface area (Å²) >= 11 is 1.56. The van der Waals surface area contributed by atoms with Crippen LogP contribution in [0.25, 0.3) is 11.3 Å². The second-order valence-electron chi connectivity index (χ2n) is 5.15. The minimum Gasteiger partial charge on any atom is -0.260 e. The van der Waals surface area contributed by atoms with Crippen LogP contribution in [0.15, 0.2) is 71.0 Å². The van der Waals surface area contributed by atoms with Crippen LogP contribution in [0.2, 0.25) is 0 Å². The number of nitrogens with zero attached hydrogens (tertiary/aromatic N) is 3. The number of hydrogen-bond acceptors (Lipinski definition) is 6. The van der Waals surface area contributed by atoms with Crippen LogP contribution in [0.4, 0.5) is 0 Å². The molecule has 0 saturated heterocycles. The van der Waals surface area contributed by atoms with Gasteiger partial charge < -0.3 is 0 Å². The lowest BCUT2D eigenvalue weighted by Crippen LogP contribution is -1.96. The van der Waals surface area contributed by atoms with Gasteiger partial charge in [-0.3, -0.25) is 9.97 Å². The van der Waals surface area contributed by atoms with Gasteiger partial charge in [-0.1, -0.05) is 30.0 Å². The quantitative estimate of drug-likeness (QED) is 0.653. The van der Waals surface area contributed by atoms with Crippen molar-refractivity contribution in [2.45, 2.75) is 15.7 Å². The summed E-state index contributed by atoms with van der Waals surface area (Å²) in [6.45, 7) is 0. The van der Waals surface area contributed by atoms with E-state index in [-0.39, 0.29) is 0 Å². The third kappa shape index (κ3) is 4.18. The predicted molar refractivity (Wildman–Crippen MR) is 94.4 cm³/mol. The zero-order valence-electron chi connectivity index (χ0n) is 13.0. The summed E-state index contributed by atoms with van der Waals surface area (Å²) < 4.78 is 23.0. The summed E-state index contributed by atoms with van der Waals surface area (Å²) in [5.41, 5.74) is 2.52. The first-order valence-corrected chi connectivity index (χ1v) is 10.1. The molecule has 0 fully saturated rings. The van der Waals surface area contributed by atoms with E-state index in [0.717, 1.165) is 16.3 Å². The van der Waals surface area contributed by atoms with E-state index < -0.39 is 9.84 Å². The van der Waals surface area contributed by atoms with Crippen LogP contribution in [0, 0.1) is 0 Å². The maximum Gasteiger partial charge on any atom is 0.175 e. The zero-order valence-corrected chi connectivity index (χ0v) is 14.6. The van der Waals surface area contributed by atoms with Crippen molar-refractivity contribution < 1.29 is 8.42 Å². The Hall–Kier alpha value is -2.25. The molecule has 0 amide bonds. The normalized spacial score (nSPS) is 11.4. The Bertz CT molecular complexity index is 928. The van der Waals surface area contributed by atoms with E-state index in [0.29, 0.717) is 16.3 Å². The second-order valence-corrected chi connectivity index (χ2v) is 8.16. The Balaban J connectivity index is 1.77. The number of thioether (sulfide) groups is 1. The van der Waals surface area contributed by atoms with Crippen LogP contribution in [0.1, 0.15) is 5.69 Å². The summed E-state index contributed by atoms with van der Waals surface area (Å²) in [5, 5.41) is 0.797. The predicted octanol–water partition coefficient (Wildman–Crippen LogP) is 3.23. The molecule has 24 heavy (non-hydrogen) atoms. The highest BCUT2D eigenvalue weighted by atomic mass is 32.2. The lowest BCUT2D eigenvalue weighted by molar-refractivity contribution is 0.602. The molecule has 5 nitrogen and oxygen atoms in total. The topological polar surface area (TPSA) is 72.8 Å². The van der Waals surface area contributed by atoms with Gasteiger partial charge in [-0.15, -0.1) is 0 Å². The van der Waals surface area contributed by atoms with E-state index in [1.807, 2.05) is 18.2 Å². The summed E-state index contributed by atoms with van der Waals surface area (Å²) in [6.07, 6.45) is 6.33. The first kappa shape index (κ1) is 16.6. The molecule has 3 aromatic rings. The molecule has 0 N–H and O–H groups in total. The molecule has 0 atom stereocenters. The highest BCUT2D eigenvalue weighted by Crippen LogP contribution is 2.24. The van der Waals surface area contributed by atoms with Crippen molar-refractivity contribution in [2.75, 3.05) is 6.26 Å². The first-order chi connectivity index (χ1) is 11.5. The average molecular weight is 357 g/mol. The van der Waals surface area contributed by atoms with E-state index in [1.165, 1.54) is 6.26 Å². The molecular weight excluding hydrogens is 342 g/mol. The fourth-order valence-corrected chi connectivity index (χ4v) is 3.46. The summed E-state index contributed by atoms with van der Waals surface area (Å²) in [4.78, 5) is 13.4. The highest BCUT2D eigenvalue weighted by Gasteiger charge is 2.08.